The Morgan fingerprint density at radius 3 is 2.30 bits per heavy atom. The van der Waals surface area contributed by atoms with Gasteiger partial charge in [-0.15, -0.1) is 0 Å². The predicted molar refractivity (Wildman–Crippen MR) is 129 cm³/mol. The van der Waals surface area contributed by atoms with Crippen LogP contribution >= 0.6 is 15.9 Å². The molecule has 1 N–H and O–H groups in total. The van der Waals surface area contributed by atoms with Crippen LogP contribution in [0, 0.1) is 0 Å². The van der Waals surface area contributed by atoms with E-state index in [9.17, 15) is 9.59 Å². The van der Waals surface area contributed by atoms with Crippen molar-refractivity contribution in [3.05, 3.63) is 87.9 Å². The Hall–Kier alpha value is -3.65. The van der Waals surface area contributed by atoms with E-state index in [2.05, 4.69) is 26.5 Å². The fraction of sp³-hybridized carbons (Fsp3) is 0.160. The predicted octanol–water partition coefficient (Wildman–Crippen LogP) is 5.23. The molecule has 0 bridgehead atoms. The number of hydrazone groups is 1. The number of benzene rings is 3. The van der Waals surface area contributed by atoms with E-state index in [1.807, 2.05) is 6.92 Å². The third kappa shape index (κ3) is 6.92. The first-order valence-electron chi connectivity index (χ1n) is 10.2. The summed E-state index contributed by atoms with van der Waals surface area (Å²) >= 11 is 3.39. The summed E-state index contributed by atoms with van der Waals surface area (Å²) in [6.45, 7) is 2.63. The molecule has 0 aliphatic rings. The normalized spacial score (nSPS) is 10.6. The molecular weight excluding hydrogens is 488 g/mol. The second-order valence-electron chi connectivity index (χ2n) is 6.87. The standard InChI is InChI=1S/C25H23BrN2O5/c1-3-14-32-22-11-6-18(7-12-22)25(30)33-23-13-8-20(26)15-19(23)16-27-28-24(29)17-4-9-21(31-2)10-5-17/h4-13,15-16H,3,14H2,1-2H3,(H,28,29)/b27-16-. The molecule has 0 fully saturated rings. The van der Waals surface area contributed by atoms with E-state index in [0.717, 1.165) is 10.9 Å². The van der Waals surface area contributed by atoms with Crippen LogP contribution in [0.1, 0.15) is 39.6 Å². The van der Waals surface area contributed by atoms with Gasteiger partial charge in [-0.25, -0.2) is 10.2 Å². The van der Waals surface area contributed by atoms with Crippen LogP contribution in [0.3, 0.4) is 0 Å². The van der Waals surface area contributed by atoms with Gasteiger partial charge in [-0.05, 0) is 73.2 Å². The molecular formula is C25H23BrN2O5. The van der Waals surface area contributed by atoms with Crippen LogP contribution < -0.4 is 19.6 Å². The maximum absolute atomic E-state index is 12.6. The molecule has 0 unspecified atom stereocenters. The van der Waals surface area contributed by atoms with Gasteiger partial charge in [0.05, 0.1) is 25.5 Å². The van der Waals surface area contributed by atoms with Crippen molar-refractivity contribution in [1.82, 2.24) is 5.43 Å². The van der Waals surface area contributed by atoms with Gasteiger partial charge in [0, 0.05) is 15.6 Å². The molecule has 8 heteroatoms. The van der Waals surface area contributed by atoms with E-state index < -0.39 is 5.97 Å². The maximum Gasteiger partial charge on any atom is 0.343 e. The number of carbonyl (C=O) groups excluding carboxylic acids is 2. The fourth-order valence-corrected chi connectivity index (χ4v) is 3.13. The van der Waals surface area contributed by atoms with Crippen molar-refractivity contribution in [1.29, 1.82) is 0 Å². The van der Waals surface area contributed by atoms with Crippen LogP contribution in [-0.4, -0.2) is 31.8 Å². The monoisotopic (exact) mass is 510 g/mol. The van der Waals surface area contributed by atoms with Crippen molar-refractivity contribution in [2.24, 2.45) is 5.10 Å². The van der Waals surface area contributed by atoms with Gasteiger partial charge in [0.2, 0.25) is 0 Å². The number of esters is 1. The second kappa shape index (κ2) is 11.8. The van der Waals surface area contributed by atoms with Crippen LogP contribution in [0.5, 0.6) is 17.2 Å². The van der Waals surface area contributed by atoms with Gasteiger partial charge in [0.15, 0.2) is 0 Å². The molecule has 0 saturated carbocycles. The highest BCUT2D eigenvalue weighted by atomic mass is 79.9. The first kappa shape index (κ1) is 24.0. The summed E-state index contributed by atoms with van der Waals surface area (Å²) in [5, 5.41) is 4.00. The molecule has 33 heavy (non-hydrogen) atoms. The van der Waals surface area contributed by atoms with Crippen LogP contribution in [-0.2, 0) is 0 Å². The number of nitrogens with zero attached hydrogens (tertiary/aromatic N) is 1. The van der Waals surface area contributed by atoms with Crippen LogP contribution in [0.2, 0.25) is 0 Å². The Balaban J connectivity index is 1.68. The molecule has 0 aliphatic carbocycles. The zero-order chi connectivity index (χ0) is 23.6. The van der Waals surface area contributed by atoms with E-state index in [0.29, 0.717) is 40.5 Å². The van der Waals surface area contributed by atoms with E-state index in [4.69, 9.17) is 14.2 Å². The van der Waals surface area contributed by atoms with Crippen molar-refractivity contribution in [2.75, 3.05) is 13.7 Å². The first-order chi connectivity index (χ1) is 16.0. The molecule has 3 aromatic rings. The average molecular weight is 511 g/mol. The number of hydrogen-bond donors (Lipinski definition) is 1. The molecule has 0 aliphatic heterocycles. The number of methoxy groups -OCH3 is 1. The topological polar surface area (TPSA) is 86.2 Å². The highest BCUT2D eigenvalue weighted by Gasteiger charge is 2.12. The zero-order valence-electron chi connectivity index (χ0n) is 18.2. The van der Waals surface area contributed by atoms with Gasteiger partial charge in [-0.2, -0.15) is 5.10 Å². The Labute approximate surface area is 200 Å². The number of halogens is 1. The summed E-state index contributed by atoms with van der Waals surface area (Å²) in [4.78, 5) is 24.9. The van der Waals surface area contributed by atoms with E-state index in [1.165, 1.54) is 6.21 Å². The van der Waals surface area contributed by atoms with Crippen molar-refractivity contribution in [3.8, 4) is 17.2 Å². The SMILES string of the molecule is CCCOc1ccc(C(=O)Oc2ccc(Br)cc2/C=N\NC(=O)c2ccc(OC)cc2)cc1. The first-order valence-corrected chi connectivity index (χ1v) is 11.0. The molecule has 7 nitrogen and oxygen atoms in total. The molecule has 0 aromatic heterocycles. The molecule has 0 atom stereocenters. The van der Waals surface area contributed by atoms with Crippen LogP contribution in [0.25, 0.3) is 0 Å². The van der Waals surface area contributed by atoms with Crippen molar-refractivity contribution >= 4 is 34.0 Å². The summed E-state index contributed by atoms with van der Waals surface area (Å²) in [7, 11) is 1.55. The molecule has 3 rings (SSSR count). The molecule has 0 spiro atoms. The van der Waals surface area contributed by atoms with Gasteiger partial charge in [-0.3, -0.25) is 4.79 Å². The third-order valence-corrected chi connectivity index (χ3v) is 4.95. The van der Waals surface area contributed by atoms with E-state index >= 15 is 0 Å². The van der Waals surface area contributed by atoms with Gasteiger partial charge in [-0.1, -0.05) is 22.9 Å². The van der Waals surface area contributed by atoms with Crippen molar-refractivity contribution in [3.63, 3.8) is 0 Å². The zero-order valence-corrected chi connectivity index (χ0v) is 19.8. The lowest BCUT2D eigenvalue weighted by Crippen LogP contribution is -2.17. The summed E-state index contributed by atoms with van der Waals surface area (Å²) in [6, 6.07) is 18.5. The number of nitrogens with one attached hydrogen (secondary N) is 1. The van der Waals surface area contributed by atoms with Gasteiger partial charge >= 0.3 is 5.97 Å². The summed E-state index contributed by atoms with van der Waals surface area (Å²) in [5.74, 6) is 0.748. The smallest absolute Gasteiger partial charge is 0.343 e. The summed E-state index contributed by atoms with van der Waals surface area (Å²) in [6.07, 6.45) is 2.31. The minimum absolute atomic E-state index is 0.303. The van der Waals surface area contributed by atoms with Crippen molar-refractivity contribution in [2.45, 2.75) is 13.3 Å². The second-order valence-corrected chi connectivity index (χ2v) is 7.79. The minimum atomic E-state index is -0.517. The quantitative estimate of drug-likeness (QED) is 0.184. The lowest BCUT2D eigenvalue weighted by molar-refractivity contribution is 0.0734. The van der Waals surface area contributed by atoms with E-state index in [1.54, 1.807) is 73.8 Å². The van der Waals surface area contributed by atoms with Gasteiger partial charge < -0.3 is 14.2 Å². The Bertz CT molecular complexity index is 1130. The Kier molecular flexibility index (Phi) is 8.60. The molecule has 0 saturated heterocycles. The Morgan fingerprint density at radius 1 is 0.970 bits per heavy atom. The molecule has 0 heterocycles. The lowest BCUT2D eigenvalue weighted by Gasteiger charge is -2.09. The largest absolute Gasteiger partial charge is 0.497 e. The van der Waals surface area contributed by atoms with Crippen molar-refractivity contribution < 1.29 is 23.8 Å². The molecule has 170 valence electrons. The summed E-state index contributed by atoms with van der Waals surface area (Å²) < 4.78 is 16.9. The third-order valence-electron chi connectivity index (χ3n) is 4.46. The fourth-order valence-electron chi connectivity index (χ4n) is 2.75. The van der Waals surface area contributed by atoms with Gasteiger partial charge in [0.1, 0.15) is 17.2 Å². The highest BCUT2D eigenvalue weighted by Crippen LogP contribution is 2.23. The molecule has 3 aromatic carbocycles. The molecule has 0 radical (unpaired) electrons. The van der Waals surface area contributed by atoms with Crippen LogP contribution in [0.15, 0.2) is 76.3 Å². The maximum atomic E-state index is 12.6. The highest BCUT2D eigenvalue weighted by molar-refractivity contribution is 9.10. The number of ether oxygens (including phenoxy) is 3. The van der Waals surface area contributed by atoms with Crippen LogP contribution in [0.4, 0.5) is 0 Å². The number of hydrogen-bond acceptors (Lipinski definition) is 6. The minimum Gasteiger partial charge on any atom is -0.497 e. The number of carbonyl (C=O) groups is 2. The molecule has 1 amide bonds. The average Bonchev–Trinajstić information content (AvgIpc) is 2.84. The Morgan fingerprint density at radius 2 is 1.64 bits per heavy atom. The van der Waals surface area contributed by atoms with E-state index in [-0.39, 0.29) is 5.91 Å². The lowest BCUT2D eigenvalue weighted by atomic mass is 10.2. The number of amides is 1. The summed E-state index contributed by atoms with van der Waals surface area (Å²) in [5.41, 5.74) is 3.79. The van der Waals surface area contributed by atoms with Gasteiger partial charge in [0.25, 0.3) is 5.91 Å². The number of rotatable bonds is 9.